The lowest BCUT2D eigenvalue weighted by Crippen LogP contribution is -2.32. The predicted octanol–water partition coefficient (Wildman–Crippen LogP) is 2.28. The van der Waals surface area contributed by atoms with E-state index in [0.717, 1.165) is 5.56 Å². The zero-order valence-corrected chi connectivity index (χ0v) is 9.21. The van der Waals surface area contributed by atoms with Gasteiger partial charge in [-0.25, -0.2) is 0 Å². The van der Waals surface area contributed by atoms with Gasteiger partial charge in [0.15, 0.2) is 0 Å². The number of ether oxygens (including phenoxy) is 1. The number of methoxy groups -OCH3 is 1. The highest BCUT2D eigenvalue weighted by atomic mass is 35.5. The van der Waals surface area contributed by atoms with Crippen molar-refractivity contribution in [1.29, 1.82) is 0 Å². The highest BCUT2D eigenvalue weighted by molar-refractivity contribution is 6.30. The summed E-state index contributed by atoms with van der Waals surface area (Å²) in [7, 11) is 1.58. The molecule has 1 atom stereocenters. The molecule has 0 saturated carbocycles. The second-order valence-corrected chi connectivity index (χ2v) is 4.17. The van der Waals surface area contributed by atoms with Gasteiger partial charge in [-0.05, 0) is 24.6 Å². The maximum Gasteiger partial charge on any atom is 0.0892 e. The summed E-state index contributed by atoms with van der Waals surface area (Å²) < 4.78 is 4.93. The molecule has 1 aromatic rings. The predicted molar refractivity (Wildman–Crippen MR) is 57.7 cm³/mol. The lowest BCUT2D eigenvalue weighted by molar-refractivity contribution is -0.0161. The van der Waals surface area contributed by atoms with Crippen LogP contribution < -0.4 is 0 Å². The summed E-state index contributed by atoms with van der Waals surface area (Å²) >= 11 is 5.76. The summed E-state index contributed by atoms with van der Waals surface area (Å²) in [6.45, 7) is 2.08. The van der Waals surface area contributed by atoms with Crippen molar-refractivity contribution in [3.63, 3.8) is 0 Å². The molecule has 0 radical (unpaired) electrons. The van der Waals surface area contributed by atoms with E-state index >= 15 is 0 Å². The van der Waals surface area contributed by atoms with Gasteiger partial charge in [0, 0.05) is 18.6 Å². The number of hydrogen-bond acceptors (Lipinski definition) is 2. The van der Waals surface area contributed by atoms with Crippen LogP contribution in [0.15, 0.2) is 24.3 Å². The number of halogens is 1. The smallest absolute Gasteiger partial charge is 0.0892 e. The van der Waals surface area contributed by atoms with Gasteiger partial charge in [0.1, 0.15) is 0 Å². The van der Waals surface area contributed by atoms with E-state index in [0.29, 0.717) is 18.1 Å². The molecule has 3 heteroatoms. The van der Waals surface area contributed by atoms with Crippen LogP contribution >= 0.6 is 11.6 Å². The average Bonchev–Trinajstić information content (AvgIpc) is 2.08. The molecular formula is C11H15ClO2. The standard InChI is InChI=1S/C11H15ClO2/c1-11(13,8-14-2)7-9-3-5-10(12)6-4-9/h3-6,13H,7-8H2,1-2H3. The first-order chi connectivity index (χ1) is 6.53. The summed E-state index contributed by atoms with van der Waals surface area (Å²) in [6, 6.07) is 7.46. The first kappa shape index (κ1) is 11.5. The minimum Gasteiger partial charge on any atom is -0.387 e. The number of rotatable bonds is 4. The second-order valence-electron chi connectivity index (χ2n) is 3.73. The van der Waals surface area contributed by atoms with Crippen molar-refractivity contribution < 1.29 is 9.84 Å². The summed E-state index contributed by atoms with van der Waals surface area (Å²) in [5.41, 5.74) is 0.235. The Labute approximate surface area is 89.5 Å². The monoisotopic (exact) mass is 214 g/mol. The van der Waals surface area contributed by atoms with E-state index in [4.69, 9.17) is 16.3 Å². The summed E-state index contributed by atoms with van der Waals surface area (Å²) in [5, 5.41) is 10.6. The Kier molecular flexibility index (Phi) is 3.93. The second kappa shape index (κ2) is 4.78. The SMILES string of the molecule is COCC(C)(O)Cc1ccc(Cl)cc1. The zero-order valence-electron chi connectivity index (χ0n) is 8.46. The first-order valence-corrected chi connectivity index (χ1v) is 4.87. The Morgan fingerprint density at radius 3 is 2.43 bits per heavy atom. The number of aliphatic hydroxyl groups is 1. The van der Waals surface area contributed by atoms with Crippen LogP contribution in [0, 0.1) is 0 Å². The Balaban J connectivity index is 2.64. The fourth-order valence-corrected chi connectivity index (χ4v) is 1.53. The minimum atomic E-state index is -0.817. The van der Waals surface area contributed by atoms with Crippen molar-refractivity contribution >= 4 is 11.6 Å². The lowest BCUT2D eigenvalue weighted by atomic mass is 9.98. The molecule has 0 spiro atoms. The minimum absolute atomic E-state index is 0.329. The van der Waals surface area contributed by atoms with Crippen LogP contribution in [0.4, 0.5) is 0 Å². The molecule has 0 aliphatic heterocycles. The van der Waals surface area contributed by atoms with Crippen LogP contribution in [-0.4, -0.2) is 24.4 Å². The molecule has 0 aliphatic rings. The van der Waals surface area contributed by atoms with E-state index < -0.39 is 5.60 Å². The normalized spacial score (nSPS) is 15.1. The van der Waals surface area contributed by atoms with Crippen molar-refractivity contribution in [2.75, 3.05) is 13.7 Å². The van der Waals surface area contributed by atoms with Crippen LogP contribution in [0.25, 0.3) is 0 Å². The van der Waals surface area contributed by atoms with Gasteiger partial charge in [-0.3, -0.25) is 0 Å². The van der Waals surface area contributed by atoms with Crippen molar-refractivity contribution in [3.8, 4) is 0 Å². The molecule has 78 valence electrons. The summed E-state index contributed by atoms with van der Waals surface area (Å²) in [5.74, 6) is 0. The Morgan fingerprint density at radius 2 is 1.93 bits per heavy atom. The van der Waals surface area contributed by atoms with E-state index in [-0.39, 0.29) is 0 Å². The van der Waals surface area contributed by atoms with Crippen LogP contribution in [0.5, 0.6) is 0 Å². The van der Waals surface area contributed by atoms with Gasteiger partial charge in [0.05, 0.1) is 12.2 Å². The summed E-state index contributed by atoms with van der Waals surface area (Å²) in [6.07, 6.45) is 0.567. The molecule has 14 heavy (non-hydrogen) atoms. The van der Waals surface area contributed by atoms with Gasteiger partial charge in [0.2, 0.25) is 0 Å². The third-order valence-corrected chi connectivity index (χ3v) is 2.21. The van der Waals surface area contributed by atoms with Crippen molar-refractivity contribution in [1.82, 2.24) is 0 Å². The van der Waals surface area contributed by atoms with E-state index in [1.165, 1.54) is 0 Å². The first-order valence-electron chi connectivity index (χ1n) is 4.49. The fourth-order valence-electron chi connectivity index (χ4n) is 1.40. The van der Waals surface area contributed by atoms with E-state index in [2.05, 4.69) is 0 Å². The van der Waals surface area contributed by atoms with Crippen LogP contribution in [0.1, 0.15) is 12.5 Å². The Hall–Kier alpha value is -0.570. The quantitative estimate of drug-likeness (QED) is 0.834. The zero-order chi connectivity index (χ0) is 10.6. The fraction of sp³-hybridized carbons (Fsp3) is 0.455. The highest BCUT2D eigenvalue weighted by Gasteiger charge is 2.20. The third-order valence-electron chi connectivity index (χ3n) is 1.95. The van der Waals surface area contributed by atoms with E-state index in [9.17, 15) is 5.11 Å². The molecule has 0 saturated heterocycles. The molecule has 2 nitrogen and oxygen atoms in total. The molecule has 1 rings (SSSR count). The molecular weight excluding hydrogens is 200 g/mol. The van der Waals surface area contributed by atoms with E-state index in [1.54, 1.807) is 14.0 Å². The maximum atomic E-state index is 9.88. The van der Waals surface area contributed by atoms with Crippen molar-refractivity contribution in [3.05, 3.63) is 34.9 Å². The molecule has 1 N–H and O–H groups in total. The van der Waals surface area contributed by atoms with Crippen LogP contribution in [0.2, 0.25) is 5.02 Å². The molecule has 0 aliphatic carbocycles. The van der Waals surface area contributed by atoms with Gasteiger partial charge in [-0.15, -0.1) is 0 Å². The topological polar surface area (TPSA) is 29.5 Å². The highest BCUT2D eigenvalue weighted by Crippen LogP contribution is 2.16. The number of hydrogen-bond donors (Lipinski definition) is 1. The van der Waals surface area contributed by atoms with Gasteiger partial charge >= 0.3 is 0 Å². The average molecular weight is 215 g/mol. The van der Waals surface area contributed by atoms with Crippen molar-refractivity contribution in [2.45, 2.75) is 18.9 Å². The van der Waals surface area contributed by atoms with Gasteiger partial charge in [-0.2, -0.15) is 0 Å². The molecule has 0 heterocycles. The summed E-state index contributed by atoms with van der Waals surface area (Å²) in [4.78, 5) is 0. The molecule has 1 unspecified atom stereocenters. The van der Waals surface area contributed by atoms with Gasteiger partial charge in [-0.1, -0.05) is 23.7 Å². The molecule has 0 fully saturated rings. The van der Waals surface area contributed by atoms with Crippen LogP contribution in [0.3, 0.4) is 0 Å². The molecule has 0 amide bonds. The number of benzene rings is 1. The Bertz CT molecular complexity index is 280. The maximum absolute atomic E-state index is 9.88. The Morgan fingerprint density at radius 1 is 1.36 bits per heavy atom. The largest absolute Gasteiger partial charge is 0.387 e. The van der Waals surface area contributed by atoms with E-state index in [1.807, 2.05) is 24.3 Å². The van der Waals surface area contributed by atoms with Crippen molar-refractivity contribution in [2.24, 2.45) is 0 Å². The molecule has 0 bridgehead atoms. The lowest BCUT2D eigenvalue weighted by Gasteiger charge is -2.22. The van der Waals surface area contributed by atoms with Gasteiger partial charge in [0.25, 0.3) is 0 Å². The van der Waals surface area contributed by atoms with Gasteiger partial charge < -0.3 is 9.84 Å². The molecule has 0 aromatic heterocycles. The molecule has 1 aromatic carbocycles. The van der Waals surface area contributed by atoms with Crippen LogP contribution in [-0.2, 0) is 11.2 Å². The third kappa shape index (κ3) is 3.66.